The zero-order valence-corrected chi connectivity index (χ0v) is 14.0. The summed E-state index contributed by atoms with van der Waals surface area (Å²) in [5, 5.41) is 0. The number of hydrogen-bond donors (Lipinski definition) is 0. The Morgan fingerprint density at radius 3 is 2.18 bits per heavy atom. The lowest BCUT2D eigenvalue weighted by Crippen LogP contribution is -2.31. The van der Waals surface area contributed by atoms with Gasteiger partial charge in [-0.05, 0) is 51.0 Å². The maximum atomic E-state index is 12.7. The molecule has 0 saturated carbocycles. The minimum atomic E-state index is -0.536. The summed E-state index contributed by atoms with van der Waals surface area (Å²) in [7, 11) is 0. The number of esters is 1. The van der Waals surface area contributed by atoms with Gasteiger partial charge in [0, 0.05) is 0 Å². The molecule has 0 heterocycles. The summed E-state index contributed by atoms with van der Waals surface area (Å²) in [6, 6.07) is 0. The average Bonchev–Trinajstić information content (AvgIpc) is 2.49. The lowest BCUT2D eigenvalue weighted by Gasteiger charge is -2.25. The van der Waals surface area contributed by atoms with E-state index in [1.807, 2.05) is 0 Å². The van der Waals surface area contributed by atoms with Gasteiger partial charge in [0.1, 0.15) is 5.92 Å². The highest BCUT2D eigenvalue weighted by atomic mass is 16.5. The highest BCUT2D eigenvalue weighted by molar-refractivity contribution is 6.09. The maximum Gasteiger partial charge on any atom is 0.316 e. The van der Waals surface area contributed by atoms with Gasteiger partial charge in [0.15, 0.2) is 5.78 Å². The van der Waals surface area contributed by atoms with Gasteiger partial charge in [0.2, 0.25) is 0 Å². The van der Waals surface area contributed by atoms with E-state index in [4.69, 9.17) is 4.74 Å². The lowest BCUT2D eigenvalue weighted by atomic mass is 9.79. The van der Waals surface area contributed by atoms with Crippen LogP contribution in [0.1, 0.15) is 84.0 Å². The van der Waals surface area contributed by atoms with Crippen molar-refractivity contribution in [2.75, 3.05) is 6.61 Å². The summed E-state index contributed by atoms with van der Waals surface area (Å²) in [5.74, 6) is -0.784. The summed E-state index contributed by atoms with van der Waals surface area (Å²) < 4.78 is 5.09. The quantitative estimate of drug-likeness (QED) is 0.546. The molecule has 0 aromatic carbocycles. The standard InChI is InChI=1S/C19H30O3/c1-2-22-19(21)17-14-13-15-11-9-7-5-3-4-6-8-10-12-16(15)18(17)20/h17H,2-14H2,1H3. The van der Waals surface area contributed by atoms with Gasteiger partial charge in [-0.1, -0.05) is 44.1 Å². The molecule has 1 atom stereocenters. The van der Waals surface area contributed by atoms with Crippen molar-refractivity contribution in [1.29, 1.82) is 0 Å². The second-order valence-electron chi connectivity index (χ2n) is 6.62. The molecule has 0 aromatic heterocycles. The molecule has 0 aromatic rings. The van der Waals surface area contributed by atoms with Crippen LogP contribution < -0.4 is 0 Å². The van der Waals surface area contributed by atoms with Crippen molar-refractivity contribution in [3.63, 3.8) is 0 Å². The Bertz CT molecular complexity index is 422. The van der Waals surface area contributed by atoms with E-state index in [1.165, 1.54) is 50.5 Å². The van der Waals surface area contributed by atoms with Gasteiger partial charge in [-0.15, -0.1) is 0 Å². The largest absolute Gasteiger partial charge is 0.465 e. The van der Waals surface area contributed by atoms with E-state index in [1.54, 1.807) is 6.92 Å². The third kappa shape index (κ3) is 4.69. The van der Waals surface area contributed by atoms with Crippen molar-refractivity contribution in [2.24, 2.45) is 5.92 Å². The predicted molar refractivity (Wildman–Crippen MR) is 87.6 cm³/mol. The molecule has 2 rings (SSSR count). The van der Waals surface area contributed by atoms with E-state index in [-0.39, 0.29) is 11.8 Å². The number of allylic oxidation sites excluding steroid dienone is 2. The van der Waals surface area contributed by atoms with Gasteiger partial charge in [-0.3, -0.25) is 9.59 Å². The Balaban J connectivity index is 2.09. The van der Waals surface area contributed by atoms with Crippen LogP contribution in [0.2, 0.25) is 0 Å². The molecule has 2 aliphatic rings. The third-order valence-electron chi connectivity index (χ3n) is 5.00. The van der Waals surface area contributed by atoms with Crippen molar-refractivity contribution in [2.45, 2.75) is 84.0 Å². The molecule has 0 spiro atoms. The Hall–Kier alpha value is -1.12. The molecule has 2 aliphatic carbocycles. The summed E-state index contributed by atoms with van der Waals surface area (Å²) in [5.41, 5.74) is 2.32. The van der Waals surface area contributed by atoms with Gasteiger partial charge in [0.05, 0.1) is 6.61 Å². The third-order valence-corrected chi connectivity index (χ3v) is 5.00. The van der Waals surface area contributed by atoms with E-state index in [2.05, 4.69) is 0 Å². The minimum absolute atomic E-state index is 0.0664. The van der Waals surface area contributed by atoms with Crippen LogP contribution >= 0.6 is 0 Å². The first-order valence-corrected chi connectivity index (χ1v) is 9.15. The van der Waals surface area contributed by atoms with E-state index >= 15 is 0 Å². The van der Waals surface area contributed by atoms with Gasteiger partial charge in [-0.25, -0.2) is 0 Å². The molecule has 0 aliphatic heterocycles. The second kappa shape index (κ2) is 9.12. The highest BCUT2D eigenvalue weighted by Gasteiger charge is 2.34. The van der Waals surface area contributed by atoms with Crippen LogP contribution in [-0.2, 0) is 14.3 Å². The average molecular weight is 306 g/mol. The number of hydrogen-bond acceptors (Lipinski definition) is 3. The van der Waals surface area contributed by atoms with Crippen LogP contribution in [-0.4, -0.2) is 18.4 Å². The Kier molecular flexibility index (Phi) is 7.14. The summed E-state index contributed by atoms with van der Waals surface area (Å²) in [4.78, 5) is 24.7. The molecule has 0 bridgehead atoms. The molecule has 0 N–H and O–H groups in total. The number of carbonyl (C=O) groups excluding carboxylic acids is 2. The Morgan fingerprint density at radius 2 is 1.55 bits per heavy atom. The molecule has 0 radical (unpaired) electrons. The highest BCUT2D eigenvalue weighted by Crippen LogP contribution is 2.34. The van der Waals surface area contributed by atoms with Crippen LogP contribution in [0.15, 0.2) is 11.1 Å². The molecule has 3 nitrogen and oxygen atoms in total. The molecule has 0 saturated heterocycles. The van der Waals surface area contributed by atoms with Crippen LogP contribution in [0.25, 0.3) is 0 Å². The number of ether oxygens (including phenoxy) is 1. The lowest BCUT2D eigenvalue weighted by molar-refractivity contribution is -0.151. The molecule has 3 heteroatoms. The number of carbonyl (C=O) groups is 2. The minimum Gasteiger partial charge on any atom is -0.465 e. The number of rotatable bonds is 2. The zero-order chi connectivity index (χ0) is 15.8. The molecular weight excluding hydrogens is 276 g/mol. The van der Waals surface area contributed by atoms with E-state index in [0.29, 0.717) is 13.0 Å². The zero-order valence-electron chi connectivity index (χ0n) is 14.0. The Morgan fingerprint density at radius 1 is 0.955 bits per heavy atom. The van der Waals surface area contributed by atoms with Gasteiger partial charge < -0.3 is 4.74 Å². The van der Waals surface area contributed by atoms with Crippen molar-refractivity contribution in [3.8, 4) is 0 Å². The molecule has 0 fully saturated rings. The van der Waals surface area contributed by atoms with E-state index in [0.717, 1.165) is 31.3 Å². The molecule has 0 amide bonds. The topological polar surface area (TPSA) is 43.4 Å². The normalized spacial score (nSPS) is 25.0. The smallest absolute Gasteiger partial charge is 0.316 e. The fraction of sp³-hybridized carbons (Fsp3) is 0.789. The van der Waals surface area contributed by atoms with Crippen LogP contribution in [0.3, 0.4) is 0 Å². The molecule has 124 valence electrons. The predicted octanol–water partition coefficient (Wildman–Crippen LogP) is 4.74. The first kappa shape index (κ1) is 17.2. The number of ketones is 1. The molecular formula is C19H30O3. The summed E-state index contributed by atoms with van der Waals surface area (Å²) in [6.07, 6.45) is 13.5. The van der Waals surface area contributed by atoms with Crippen molar-refractivity contribution in [3.05, 3.63) is 11.1 Å². The van der Waals surface area contributed by atoms with Gasteiger partial charge in [0.25, 0.3) is 0 Å². The van der Waals surface area contributed by atoms with Gasteiger partial charge >= 0.3 is 5.97 Å². The fourth-order valence-electron chi connectivity index (χ4n) is 3.73. The van der Waals surface area contributed by atoms with Crippen molar-refractivity contribution >= 4 is 11.8 Å². The van der Waals surface area contributed by atoms with Crippen molar-refractivity contribution in [1.82, 2.24) is 0 Å². The monoisotopic (exact) mass is 306 g/mol. The maximum absolute atomic E-state index is 12.7. The van der Waals surface area contributed by atoms with E-state index in [9.17, 15) is 9.59 Å². The van der Waals surface area contributed by atoms with Gasteiger partial charge in [-0.2, -0.15) is 0 Å². The summed E-state index contributed by atoms with van der Waals surface area (Å²) >= 11 is 0. The van der Waals surface area contributed by atoms with Crippen molar-refractivity contribution < 1.29 is 14.3 Å². The molecule has 22 heavy (non-hydrogen) atoms. The van der Waals surface area contributed by atoms with E-state index < -0.39 is 5.92 Å². The SMILES string of the molecule is CCOC(=O)C1CCC2=C(CCCCCCCCCC2)C1=O. The first-order chi connectivity index (χ1) is 10.7. The van der Waals surface area contributed by atoms with Crippen LogP contribution in [0.4, 0.5) is 0 Å². The molecule has 1 unspecified atom stereocenters. The fourth-order valence-corrected chi connectivity index (χ4v) is 3.73. The Labute approximate surface area is 134 Å². The van der Waals surface area contributed by atoms with Crippen LogP contribution in [0, 0.1) is 5.92 Å². The second-order valence-corrected chi connectivity index (χ2v) is 6.62. The summed E-state index contributed by atoms with van der Waals surface area (Å²) in [6.45, 7) is 2.15. The van der Waals surface area contributed by atoms with Crippen LogP contribution in [0.5, 0.6) is 0 Å². The number of Topliss-reactive ketones (excluding diaryl/α,β-unsaturated/α-hetero) is 1. The first-order valence-electron chi connectivity index (χ1n) is 9.15.